The molecule has 120 valence electrons. The van der Waals surface area contributed by atoms with Crippen molar-refractivity contribution in [3.63, 3.8) is 0 Å². The van der Waals surface area contributed by atoms with Crippen molar-refractivity contribution in [3.8, 4) is 0 Å². The molecule has 0 unspecified atom stereocenters. The van der Waals surface area contributed by atoms with E-state index >= 15 is 0 Å². The van der Waals surface area contributed by atoms with E-state index in [1.165, 1.54) is 11.8 Å². The summed E-state index contributed by atoms with van der Waals surface area (Å²) in [4.78, 5) is 25.6. The maximum atomic E-state index is 11.7. The number of rotatable bonds is 5. The molecule has 0 aromatic heterocycles. The summed E-state index contributed by atoms with van der Waals surface area (Å²) < 4.78 is 0. The monoisotopic (exact) mass is 329 g/mol. The Balaban J connectivity index is 2.08. The topological polar surface area (TPSA) is 61.4 Å². The first-order valence-corrected chi connectivity index (χ1v) is 7.86. The van der Waals surface area contributed by atoms with E-state index in [1.807, 2.05) is 18.2 Å². The van der Waals surface area contributed by atoms with E-state index < -0.39 is 11.8 Å². The van der Waals surface area contributed by atoms with Crippen LogP contribution < -0.4 is 15.5 Å². The second-order valence-corrected chi connectivity index (χ2v) is 5.35. The summed E-state index contributed by atoms with van der Waals surface area (Å²) in [5, 5.41) is 4.82. The van der Waals surface area contributed by atoms with Gasteiger partial charge in [-0.25, -0.2) is 0 Å². The zero-order chi connectivity index (χ0) is 16.8. The van der Waals surface area contributed by atoms with Crippen molar-refractivity contribution < 1.29 is 9.59 Å². The minimum Gasteiger partial charge on any atom is -0.372 e. The van der Waals surface area contributed by atoms with Gasteiger partial charge in [0.15, 0.2) is 5.11 Å². The molecule has 1 fully saturated rings. The number of thiocarbonyl (C=S) groups is 1. The van der Waals surface area contributed by atoms with Crippen molar-refractivity contribution in [2.24, 2.45) is 0 Å². The Kier molecular flexibility index (Phi) is 5.65. The normalized spacial score (nSPS) is 14.7. The molecule has 23 heavy (non-hydrogen) atoms. The number of carbonyl (C=O) groups excluding carboxylic acids is 2. The van der Waals surface area contributed by atoms with Gasteiger partial charge in [-0.3, -0.25) is 20.2 Å². The zero-order valence-corrected chi connectivity index (χ0v) is 13.9. The smallest absolute Gasteiger partial charge is 0.263 e. The summed E-state index contributed by atoms with van der Waals surface area (Å²) in [5.74, 6) is -0.972. The molecular weight excluding hydrogens is 310 g/mol. The summed E-state index contributed by atoms with van der Waals surface area (Å²) in [5.41, 5.74) is 2.20. The maximum absolute atomic E-state index is 11.7. The van der Waals surface area contributed by atoms with E-state index in [9.17, 15) is 9.59 Å². The van der Waals surface area contributed by atoms with Gasteiger partial charge in [0.25, 0.3) is 11.8 Å². The molecule has 1 saturated heterocycles. The zero-order valence-electron chi connectivity index (χ0n) is 13.1. The highest BCUT2D eigenvalue weighted by Crippen LogP contribution is 2.15. The molecule has 1 heterocycles. The first-order chi connectivity index (χ1) is 11.0. The lowest BCUT2D eigenvalue weighted by atomic mass is 10.1. The molecule has 0 atom stereocenters. The average molecular weight is 329 g/mol. The van der Waals surface area contributed by atoms with Crippen molar-refractivity contribution in [2.45, 2.75) is 13.8 Å². The van der Waals surface area contributed by atoms with E-state index in [2.05, 4.69) is 41.5 Å². The molecule has 1 aliphatic heterocycles. The van der Waals surface area contributed by atoms with Crippen molar-refractivity contribution in [3.05, 3.63) is 47.6 Å². The van der Waals surface area contributed by atoms with Crippen LogP contribution in [-0.4, -0.2) is 30.0 Å². The molecule has 1 aliphatic rings. The molecule has 0 aliphatic carbocycles. The third-order valence-corrected chi connectivity index (χ3v) is 3.72. The Morgan fingerprint density at radius 1 is 1.04 bits per heavy atom. The highest BCUT2D eigenvalue weighted by Gasteiger charge is 2.24. The number of benzene rings is 1. The van der Waals surface area contributed by atoms with Crippen LogP contribution in [0.3, 0.4) is 0 Å². The molecule has 2 N–H and O–H groups in total. The minimum absolute atomic E-state index is 0.0353. The van der Waals surface area contributed by atoms with Crippen LogP contribution >= 0.6 is 12.2 Å². The second kappa shape index (κ2) is 7.69. The Morgan fingerprint density at radius 2 is 1.61 bits per heavy atom. The van der Waals surface area contributed by atoms with Crippen molar-refractivity contribution in [1.29, 1.82) is 0 Å². The summed E-state index contributed by atoms with van der Waals surface area (Å²) in [6, 6.07) is 8.11. The van der Waals surface area contributed by atoms with Crippen LogP contribution in [0, 0.1) is 0 Å². The largest absolute Gasteiger partial charge is 0.372 e. The number of carbonyl (C=O) groups is 2. The lowest BCUT2D eigenvalue weighted by Crippen LogP contribution is -2.51. The van der Waals surface area contributed by atoms with E-state index in [1.54, 1.807) is 6.08 Å². The molecule has 1 aromatic carbocycles. The molecule has 6 heteroatoms. The summed E-state index contributed by atoms with van der Waals surface area (Å²) in [6.45, 7) is 6.17. The summed E-state index contributed by atoms with van der Waals surface area (Å²) in [6.07, 6.45) is 4.99. The molecule has 2 rings (SSSR count). The minimum atomic E-state index is -0.486. The predicted molar refractivity (Wildman–Crippen MR) is 96.0 cm³/mol. The fourth-order valence-electron chi connectivity index (χ4n) is 2.27. The Labute approximate surface area is 141 Å². The third kappa shape index (κ3) is 4.26. The Morgan fingerprint density at radius 3 is 2.13 bits per heavy atom. The van der Waals surface area contributed by atoms with Crippen LogP contribution in [0.2, 0.25) is 0 Å². The molecule has 2 amide bonds. The van der Waals surface area contributed by atoms with Gasteiger partial charge in [-0.15, -0.1) is 0 Å². The van der Waals surface area contributed by atoms with Gasteiger partial charge in [-0.2, -0.15) is 0 Å². The summed E-state index contributed by atoms with van der Waals surface area (Å²) in [7, 11) is 0. The highest BCUT2D eigenvalue weighted by molar-refractivity contribution is 7.80. The molecule has 0 spiro atoms. The molecule has 1 aromatic rings. The number of anilines is 1. The molecule has 5 nitrogen and oxygen atoms in total. The van der Waals surface area contributed by atoms with Crippen LogP contribution in [0.4, 0.5) is 5.69 Å². The number of nitrogens with zero attached hydrogens (tertiary/aromatic N) is 1. The van der Waals surface area contributed by atoms with Crippen LogP contribution in [0.1, 0.15) is 19.4 Å². The van der Waals surface area contributed by atoms with E-state index in [4.69, 9.17) is 12.2 Å². The van der Waals surface area contributed by atoms with Gasteiger partial charge in [-0.1, -0.05) is 24.3 Å². The van der Waals surface area contributed by atoms with Gasteiger partial charge < -0.3 is 4.90 Å². The first kappa shape index (κ1) is 16.9. The average Bonchev–Trinajstić information content (AvgIpc) is 2.52. The molecule has 0 radical (unpaired) electrons. The van der Waals surface area contributed by atoms with E-state index in [-0.39, 0.29) is 10.7 Å². The first-order valence-electron chi connectivity index (χ1n) is 7.45. The predicted octanol–water partition coefficient (Wildman–Crippen LogP) is 2.00. The quantitative estimate of drug-likeness (QED) is 0.493. The molecule has 0 bridgehead atoms. The number of hydrogen-bond donors (Lipinski definition) is 2. The Bertz CT molecular complexity index is 652. The maximum Gasteiger partial charge on any atom is 0.263 e. The van der Waals surface area contributed by atoms with Crippen LogP contribution in [0.25, 0.3) is 6.08 Å². The number of allylic oxidation sites excluding steroid dienone is 2. The Hall–Kier alpha value is -2.47. The molecule has 0 saturated carbocycles. The second-order valence-electron chi connectivity index (χ2n) is 4.94. The van der Waals surface area contributed by atoms with Crippen LogP contribution in [0.15, 0.2) is 42.0 Å². The standard InChI is InChI=1S/C17H19N3O2S/c1-3-20(4-2)13-10-8-12(9-11-13)6-5-7-14-15(21)18-17(23)19-16(14)22/h5-11H,3-4H2,1-2H3,(H2,18,19,21,22,23)/b6-5+. The van der Waals surface area contributed by atoms with Crippen molar-refractivity contribution >= 4 is 40.9 Å². The lowest BCUT2D eigenvalue weighted by Gasteiger charge is -2.20. The lowest BCUT2D eigenvalue weighted by molar-refractivity contribution is -0.123. The van der Waals surface area contributed by atoms with Crippen LogP contribution in [0.5, 0.6) is 0 Å². The van der Waals surface area contributed by atoms with Crippen LogP contribution in [-0.2, 0) is 9.59 Å². The summed E-state index contributed by atoms with van der Waals surface area (Å²) >= 11 is 4.74. The van der Waals surface area contributed by atoms with Crippen molar-refractivity contribution in [1.82, 2.24) is 10.6 Å². The van der Waals surface area contributed by atoms with Crippen molar-refractivity contribution in [2.75, 3.05) is 18.0 Å². The van der Waals surface area contributed by atoms with Gasteiger partial charge in [0.05, 0.1) is 0 Å². The van der Waals surface area contributed by atoms with Gasteiger partial charge >= 0.3 is 0 Å². The van der Waals surface area contributed by atoms with Gasteiger partial charge in [0, 0.05) is 18.8 Å². The SMILES string of the molecule is CCN(CC)c1ccc(/C=C/C=C2C(=O)NC(=S)NC2=O)cc1. The van der Waals surface area contributed by atoms with E-state index in [0.29, 0.717) is 0 Å². The van der Waals surface area contributed by atoms with Gasteiger partial charge in [-0.05, 0) is 49.8 Å². The third-order valence-electron chi connectivity index (χ3n) is 3.52. The fourth-order valence-corrected chi connectivity index (χ4v) is 2.45. The van der Waals surface area contributed by atoms with Gasteiger partial charge in [0.2, 0.25) is 0 Å². The van der Waals surface area contributed by atoms with Gasteiger partial charge in [0.1, 0.15) is 5.57 Å². The molecular formula is C17H19N3O2S. The number of amides is 2. The van der Waals surface area contributed by atoms with E-state index in [0.717, 1.165) is 18.7 Å². The fraction of sp³-hybridized carbons (Fsp3) is 0.235. The highest BCUT2D eigenvalue weighted by atomic mass is 32.1. The number of nitrogens with one attached hydrogen (secondary N) is 2. The number of hydrogen-bond acceptors (Lipinski definition) is 4.